The molecule has 0 unspecified atom stereocenters. The fourth-order valence-electron chi connectivity index (χ4n) is 3.71. The van der Waals surface area contributed by atoms with Crippen LogP contribution in [0.15, 0.2) is 47.4 Å². The van der Waals surface area contributed by atoms with Gasteiger partial charge in [-0.25, -0.2) is 0 Å². The Morgan fingerprint density at radius 2 is 1.85 bits per heavy atom. The summed E-state index contributed by atoms with van der Waals surface area (Å²) >= 11 is 0.620. The molecule has 0 saturated carbocycles. The van der Waals surface area contributed by atoms with Gasteiger partial charge in [-0.2, -0.15) is 0 Å². The Morgan fingerprint density at radius 1 is 1.15 bits per heavy atom. The number of phenolic OH excluding ortho intramolecular Hbond substituents is 1. The lowest BCUT2D eigenvalue weighted by Crippen LogP contribution is -2.46. The lowest BCUT2D eigenvalue weighted by atomic mass is 10.0. The first-order valence-electron chi connectivity index (χ1n) is 10.5. The number of phenols is 1. The quantitative estimate of drug-likeness (QED) is 0.377. The number of rotatable bonds is 6. The molecule has 3 amide bonds. The molecule has 0 aliphatic carbocycles. The summed E-state index contributed by atoms with van der Waals surface area (Å²) in [5, 5.41) is 21.3. The van der Waals surface area contributed by atoms with Crippen molar-refractivity contribution in [3.63, 3.8) is 0 Å². The predicted molar refractivity (Wildman–Crippen MR) is 124 cm³/mol. The number of nitro groups is 1. The summed E-state index contributed by atoms with van der Waals surface area (Å²) in [6.07, 6.45) is 1.62. The summed E-state index contributed by atoms with van der Waals surface area (Å²) in [6, 6.07) is 12.1. The fraction of sp³-hybridized carbons (Fsp3) is 0.261. The number of thioether (sulfide) groups is 1. The number of hydrogen-bond donors (Lipinski definition) is 1. The molecule has 2 heterocycles. The summed E-state index contributed by atoms with van der Waals surface area (Å²) in [6.45, 7) is 1.16. The molecule has 0 atom stereocenters. The molecule has 2 aromatic rings. The number of amides is 3. The van der Waals surface area contributed by atoms with Crippen LogP contribution in [0.25, 0.3) is 6.08 Å². The lowest BCUT2D eigenvalue weighted by Gasteiger charge is -2.28. The molecule has 0 bridgehead atoms. The van der Waals surface area contributed by atoms with Crippen LogP contribution >= 0.6 is 11.8 Å². The van der Waals surface area contributed by atoms with Crippen LogP contribution in [0.2, 0.25) is 0 Å². The molecule has 2 fully saturated rings. The number of carbonyl (C=O) groups is 3. The normalized spacial score (nSPS) is 17.5. The molecule has 11 heteroatoms. The van der Waals surface area contributed by atoms with Crippen molar-refractivity contribution in [3.05, 3.63) is 74.2 Å². The van der Waals surface area contributed by atoms with Crippen molar-refractivity contribution in [2.45, 2.75) is 6.42 Å². The molecule has 4 rings (SSSR count). The summed E-state index contributed by atoms with van der Waals surface area (Å²) in [5.74, 6) is -1.65. The minimum Gasteiger partial charge on any atom is -0.502 e. The minimum absolute atomic E-state index is 0.0266. The number of ether oxygens (including phenoxy) is 1. The molecule has 0 radical (unpaired) electrons. The smallest absolute Gasteiger partial charge is 0.311 e. The van der Waals surface area contributed by atoms with Crippen LogP contribution in [-0.4, -0.2) is 69.7 Å². The molecule has 10 nitrogen and oxygen atoms in total. The van der Waals surface area contributed by atoms with E-state index in [1.54, 1.807) is 6.07 Å². The van der Waals surface area contributed by atoms with Gasteiger partial charge in [0.2, 0.25) is 11.7 Å². The Hall–Kier alpha value is -3.70. The number of carbonyl (C=O) groups excluding carboxylic acids is 3. The van der Waals surface area contributed by atoms with E-state index in [0.29, 0.717) is 50.0 Å². The molecule has 0 spiro atoms. The average molecular weight is 484 g/mol. The molecule has 176 valence electrons. The van der Waals surface area contributed by atoms with Gasteiger partial charge in [0.25, 0.3) is 11.1 Å². The van der Waals surface area contributed by atoms with E-state index >= 15 is 0 Å². The van der Waals surface area contributed by atoms with E-state index in [9.17, 15) is 29.6 Å². The molecule has 34 heavy (non-hydrogen) atoms. The fourth-order valence-corrected chi connectivity index (χ4v) is 4.54. The average Bonchev–Trinajstić information content (AvgIpc) is 3.09. The van der Waals surface area contributed by atoms with Crippen molar-refractivity contribution in [2.24, 2.45) is 0 Å². The van der Waals surface area contributed by atoms with Gasteiger partial charge in [0.1, 0.15) is 6.54 Å². The van der Waals surface area contributed by atoms with E-state index < -0.39 is 34.1 Å². The van der Waals surface area contributed by atoms with Crippen molar-refractivity contribution >= 4 is 40.6 Å². The van der Waals surface area contributed by atoms with E-state index in [2.05, 4.69) is 0 Å². The first-order valence-corrected chi connectivity index (χ1v) is 11.3. The third-order valence-electron chi connectivity index (χ3n) is 5.44. The summed E-state index contributed by atoms with van der Waals surface area (Å²) in [5.41, 5.74) is 1.02. The Kier molecular flexibility index (Phi) is 6.94. The maximum Gasteiger partial charge on any atom is 0.311 e. The van der Waals surface area contributed by atoms with Crippen LogP contribution in [0.1, 0.15) is 16.7 Å². The number of hydrogen-bond acceptors (Lipinski definition) is 8. The maximum absolute atomic E-state index is 12.8. The zero-order chi connectivity index (χ0) is 24.2. The van der Waals surface area contributed by atoms with E-state index in [1.807, 2.05) is 30.3 Å². The molecule has 2 aromatic carbocycles. The third-order valence-corrected chi connectivity index (χ3v) is 6.35. The number of imide groups is 1. The molecule has 2 aliphatic rings. The zero-order valence-electron chi connectivity index (χ0n) is 18.0. The summed E-state index contributed by atoms with van der Waals surface area (Å²) in [7, 11) is 0. The van der Waals surface area contributed by atoms with Crippen molar-refractivity contribution in [2.75, 3.05) is 32.8 Å². The third kappa shape index (κ3) is 5.10. The van der Waals surface area contributed by atoms with Gasteiger partial charge >= 0.3 is 5.69 Å². The van der Waals surface area contributed by atoms with Gasteiger partial charge in [0, 0.05) is 24.7 Å². The molecule has 0 aromatic heterocycles. The van der Waals surface area contributed by atoms with Crippen molar-refractivity contribution < 1.29 is 29.2 Å². The lowest BCUT2D eigenvalue weighted by molar-refractivity contribution is -0.385. The Balaban J connectivity index is 1.59. The second kappa shape index (κ2) is 10.1. The minimum atomic E-state index is -0.700. The first-order chi connectivity index (χ1) is 16.3. The second-order valence-electron chi connectivity index (χ2n) is 7.73. The first kappa shape index (κ1) is 23.5. The highest BCUT2D eigenvalue weighted by atomic mass is 32.2. The standard InChI is InChI=1S/C23H21N3O7S/c27-20(24-6-8-33-9-7-24)14-25-22(29)19(34-23(25)30)13-17-11-16(10-15-4-2-1-3-5-15)12-18(21(17)28)26(31)32/h1-5,11-13,28H,6-10,14H2/b19-13-. The highest BCUT2D eigenvalue weighted by Gasteiger charge is 2.37. The molecule has 1 N–H and O–H groups in total. The van der Waals surface area contributed by atoms with Crippen LogP contribution in [0.5, 0.6) is 5.75 Å². The molecular formula is C23H21N3O7S. The van der Waals surface area contributed by atoms with Crippen LogP contribution < -0.4 is 0 Å². The number of benzene rings is 2. The summed E-state index contributed by atoms with van der Waals surface area (Å²) < 4.78 is 5.20. The molecule has 2 saturated heterocycles. The zero-order valence-corrected chi connectivity index (χ0v) is 18.8. The predicted octanol–water partition coefficient (Wildman–Crippen LogP) is 2.79. The number of aromatic hydroxyl groups is 1. The van der Waals surface area contributed by atoms with Crippen LogP contribution in [-0.2, 0) is 20.7 Å². The molecule has 2 aliphatic heterocycles. The van der Waals surface area contributed by atoms with Gasteiger partial charge in [-0.3, -0.25) is 29.4 Å². The van der Waals surface area contributed by atoms with Crippen molar-refractivity contribution in [3.8, 4) is 5.75 Å². The topological polar surface area (TPSA) is 130 Å². The monoisotopic (exact) mass is 483 g/mol. The highest BCUT2D eigenvalue weighted by Crippen LogP contribution is 2.38. The largest absolute Gasteiger partial charge is 0.502 e. The number of nitrogens with zero attached hydrogens (tertiary/aromatic N) is 3. The second-order valence-corrected chi connectivity index (χ2v) is 8.73. The Labute approximate surface area is 198 Å². The van der Waals surface area contributed by atoms with Crippen molar-refractivity contribution in [1.29, 1.82) is 0 Å². The SMILES string of the molecule is O=C(CN1C(=O)S/C(=C\c2cc(Cc3ccccc3)cc([N+](=O)[O-])c2O)C1=O)N1CCOCC1. The van der Waals surface area contributed by atoms with E-state index in [-0.39, 0.29) is 16.4 Å². The van der Waals surface area contributed by atoms with Crippen LogP contribution in [0.4, 0.5) is 10.5 Å². The van der Waals surface area contributed by atoms with Gasteiger partial charge in [-0.1, -0.05) is 30.3 Å². The Bertz CT molecular complexity index is 1180. The van der Waals surface area contributed by atoms with Gasteiger partial charge in [0.05, 0.1) is 23.0 Å². The Morgan fingerprint density at radius 3 is 2.53 bits per heavy atom. The van der Waals surface area contributed by atoms with Gasteiger partial charge in [0.15, 0.2) is 0 Å². The van der Waals surface area contributed by atoms with E-state index in [1.165, 1.54) is 17.0 Å². The van der Waals surface area contributed by atoms with Gasteiger partial charge in [-0.05, 0) is 41.5 Å². The number of morpholine rings is 1. The van der Waals surface area contributed by atoms with Gasteiger partial charge in [-0.15, -0.1) is 0 Å². The van der Waals surface area contributed by atoms with Crippen molar-refractivity contribution in [1.82, 2.24) is 9.80 Å². The van der Waals surface area contributed by atoms with Crippen LogP contribution in [0, 0.1) is 10.1 Å². The van der Waals surface area contributed by atoms with E-state index in [4.69, 9.17) is 4.74 Å². The summed E-state index contributed by atoms with van der Waals surface area (Å²) in [4.78, 5) is 50.9. The van der Waals surface area contributed by atoms with Gasteiger partial charge < -0.3 is 14.7 Å². The van der Waals surface area contributed by atoms with E-state index in [0.717, 1.165) is 10.5 Å². The number of nitro benzene ring substituents is 1. The maximum atomic E-state index is 12.8. The highest BCUT2D eigenvalue weighted by molar-refractivity contribution is 8.18. The van der Waals surface area contributed by atoms with Crippen LogP contribution in [0.3, 0.4) is 0 Å². The molecular weight excluding hydrogens is 462 g/mol.